The molecule has 0 bridgehead atoms. The highest BCUT2D eigenvalue weighted by Gasteiger charge is 2.16. The smallest absolute Gasteiger partial charge is 0.239 e. The van der Waals surface area contributed by atoms with Gasteiger partial charge in [0.1, 0.15) is 0 Å². The molecule has 6 nitrogen and oxygen atoms in total. The number of aliphatic imine (C=N–C) groups is 1. The molecule has 1 aromatic rings. The van der Waals surface area contributed by atoms with E-state index in [1.165, 1.54) is 11.1 Å². The van der Waals surface area contributed by atoms with Crippen LogP contribution in [0.3, 0.4) is 0 Å². The lowest BCUT2D eigenvalue weighted by molar-refractivity contribution is -0.121. The predicted molar refractivity (Wildman–Crippen MR) is 120 cm³/mol. The van der Waals surface area contributed by atoms with E-state index in [0.29, 0.717) is 12.5 Å². The molecule has 0 aliphatic carbocycles. The Labute approximate surface area is 175 Å². The molecule has 0 spiro atoms. The molecule has 1 aromatic carbocycles. The fourth-order valence-corrected chi connectivity index (χ4v) is 2.43. The molecule has 148 valence electrons. The number of halogens is 1. The number of aryl methyl sites for hydroxylation is 1. The summed E-state index contributed by atoms with van der Waals surface area (Å²) in [6.07, 6.45) is 0. The molecule has 1 atom stereocenters. The van der Waals surface area contributed by atoms with Crippen LogP contribution in [0.15, 0.2) is 29.3 Å². The van der Waals surface area contributed by atoms with Gasteiger partial charge in [0.25, 0.3) is 0 Å². The highest BCUT2D eigenvalue weighted by Crippen LogP contribution is 2.17. The summed E-state index contributed by atoms with van der Waals surface area (Å²) in [6.45, 7) is 8.84. The van der Waals surface area contributed by atoms with Gasteiger partial charge in [-0.2, -0.15) is 0 Å². The molecule has 0 fully saturated rings. The van der Waals surface area contributed by atoms with E-state index in [9.17, 15) is 4.79 Å². The minimum atomic E-state index is -0.239. The first-order valence-electron chi connectivity index (χ1n) is 8.61. The van der Waals surface area contributed by atoms with Crippen LogP contribution in [-0.4, -0.2) is 56.5 Å². The van der Waals surface area contributed by atoms with Crippen molar-refractivity contribution >= 4 is 35.8 Å². The minimum absolute atomic E-state index is 0. The summed E-state index contributed by atoms with van der Waals surface area (Å²) in [5.41, 5.74) is 2.25. The maximum Gasteiger partial charge on any atom is 0.239 e. The molecule has 0 aromatic heterocycles. The SMILES string of the molecule is CN=C(NCC(=O)NC(C)(C)C)NCC(c1ccc(C)cc1)N(C)C.I. The van der Waals surface area contributed by atoms with Gasteiger partial charge in [-0.05, 0) is 47.4 Å². The number of hydrogen-bond acceptors (Lipinski definition) is 3. The summed E-state index contributed by atoms with van der Waals surface area (Å²) in [5.74, 6) is 0.557. The van der Waals surface area contributed by atoms with Crippen LogP contribution < -0.4 is 16.0 Å². The van der Waals surface area contributed by atoms with Crippen molar-refractivity contribution in [2.24, 2.45) is 4.99 Å². The summed E-state index contributed by atoms with van der Waals surface area (Å²) in [5, 5.41) is 9.27. The van der Waals surface area contributed by atoms with Crippen molar-refractivity contribution in [3.63, 3.8) is 0 Å². The number of rotatable bonds is 6. The number of likely N-dealkylation sites (N-methyl/N-ethyl adjacent to an activating group) is 1. The van der Waals surface area contributed by atoms with Crippen molar-refractivity contribution in [2.75, 3.05) is 34.2 Å². The Morgan fingerprint density at radius 3 is 2.19 bits per heavy atom. The maximum absolute atomic E-state index is 11.9. The number of benzene rings is 1. The average Bonchev–Trinajstić information content (AvgIpc) is 2.50. The Morgan fingerprint density at radius 2 is 1.73 bits per heavy atom. The van der Waals surface area contributed by atoms with Gasteiger partial charge in [0, 0.05) is 19.1 Å². The Kier molecular flexibility index (Phi) is 10.8. The molecule has 0 saturated carbocycles. The van der Waals surface area contributed by atoms with Crippen LogP contribution in [0.25, 0.3) is 0 Å². The summed E-state index contributed by atoms with van der Waals surface area (Å²) >= 11 is 0. The van der Waals surface area contributed by atoms with E-state index in [4.69, 9.17) is 0 Å². The van der Waals surface area contributed by atoms with Crippen molar-refractivity contribution in [3.8, 4) is 0 Å². The number of carbonyl (C=O) groups excluding carboxylic acids is 1. The molecule has 1 amide bonds. The lowest BCUT2D eigenvalue weighted by Gasteiger charge is -2.26. The zero-order valence-corrected chi connectivity index (χ0v) is 19.3. The van der Waals surface area contributed by atoms with Gasteiger partial charge in [-0.25, -0.2) is 0 Å². The minimum Gasteiger partial charge on any atom is -0.354 e. The molecule has 1 rings (SSSR count). The maximum atomic E-state index is 11.9. The molecular formula is C19H34IN5O. The molecule has 0 aliphatic heterocycles. The second-order valence-electron chi connectivity index (χ2n) is 7.49. The first kappa shape index (κ1) is 24.7. The molecule has 0 saturated heterocycles. The zero-order valence-electron chi connectivity index (χ0n) is 17.0. The number of hydrogen-bond donors (Lipinski definition) is 3. The van der Waals surface area contributed by atoms with Crippen LogP contribution in [0, 0.1) is 6.92 Å². The van der Waals surface area contributed by atoms with Gasteiger partial charge in [-0.1, -0.05) is 29.8 Å². The number of guanidine groups is 1. The van der Waals surface area contributed by atoms with Gasteiger partial charge >= 0.3 is 0 Å². The average molecular weight is 475 g/mol. The van der Waals surface area contributed by atoms with E-state index in [2.05, 4.69) is 71.1 Å². The van der Waals surface area contributed by atoms with Crippen LogP contribution in [-0.2, 0) is 4.79 Å². The largest absolute Gasteiger partial charge is 0.354 e. The summed E-state index contributed by atoms with van der Waals surface area (Å²) in [4.78, 5) is 18.3. The highest BCUT2D eigenvalue weighted by molar-refractivity contribution is 14.0. The van der Waals surface area contributed by atoms with E-state index >= 15 is 0 Å². The lowest BCUT2D eigenvalue weighted by Crippen LogP contribution is -2.49. The molecule has 7 heteroatoms. The number of nitrogens with one attached hydrogen (secondary N) is 3. The number of nitrogens with zero attached hydrogens (tertiary/aromatic N) is 2. The van der Waals surface area contributed by atoms with E-state index in [1.54, 1.807) is 7.05 Å². The topological polar surface area (TPSA) is 68.8 Å². The molecule has 0 radical (unpaired) electrons. The van der Waals surface area contributed by atoms with Crippen molar-refractivity contribution in [3.05, 3.63) is 35.4 Å². The Balaban J connectivity index is 0.00000625. The standard InChI is InChI=1S/C19H33N5O.HI/c1-14-8-10-15(11-9-14)16(24(6)7)12-21-18(20-5)22-13-17(25)23-19(2,3)4;/h8-11,16H,12-13H2,1-7H3,(H,23,25)(H2,20,21,22);1H. The first-order chi connectivity index (χ1) is 11.6. The Morgan fingerprint density at radius 1 is 1.15 bits per heavy atom. The summed E-state index contributed by atoms with van der Waals surface area (Å²) in [6, 6.07) is 8.75. The van der Waals surface area contributed by atoms with Crippen molar-refractivity contribution < 1.29 is 4.79 Å². The van der Waals surface area contributed by atoms with E-state index in [1.807, 2.05) is 20.8 Å². The summed E-state index contributed by atoms with van der Waals surface area (Å²) < 4.78 is 0. The van der Waals surface area contributed by atoms with Crippen LogP contribution in [0.1, 0.15) is 37.9 Å². The van der Waals surface area contributed by atoms with Gasteiger partial charge in [0.15, 0.2) is 5.96 Å². The van der Waals surface area contributed by atoms with Gasteiger partial charge in [0.2, 0.25) is 5.91 Å². The summed E-state index contributed by atoms with van der Waals surface area (Å²) in [7, 11) is 5.81. The fourth-order valence-electron chi connectivity index (χ4n) is 2.43. The lowest BCUT2D eigenvalue weighted by atomic mass is 10.0. The molecule has 26 heavy (non-hydrogen) atoms. The third-order valence-electron chi connectivity index (χ3n) is 3.70. The van der Waals surface area contributed by atoms with Gasteiger partial charge in [-0.3, -0.25) is 9.79 Å². The molecule has 3 N–H and O–H groups in total. The van der Waals surface area contributed by atoms with Gasteiger partial charge < -0.3 is 20.9 Å². The van der Waals surface area contributed by atoms with E-state index < -0.39 is 0 Å². The third kappa shape index (κ3) is 9.38. The molecule has 0 heterocycles. The molecule has 1 unspecified atom stereocenters. The van der Waals surface area contributed by atoms with Gasteiger partial charge in [0.05, 0.1) is 12.6 Å². The Bertz CT molecular complexity index is 579. The van der Waals surface area contributed by atoms with Crippen molar-refractivity contribution in [2.45, 2.75) is 39.3 Å². The van der Waals surface area contributed by atoms with Crippen molar-refractivity contribution in [1.29, 1.82) is 0 Å². The molecular weight excluding hydrogens is 441 g/mol. The quantitative estimate of drug-likeness (QED) is 0.336. The van der Waals surface area contributed by atoms with Crippen molar-refractivity contribution in [1.82, 2.24) is 20.9 Å². The molecule has 0 aliphatic rings. The van der Waals surface area contributed by atoms with E-state index in [0.717, 1.165) is 0 Å². The Hall–Kier alpha value is -1.35. The second kappa shape index (κ2) is 11.4. The zero-order chi connectivity index (χ0) is 19.0. The van der Waals surface area contributed by atoms with Gasteiger partial charge in [-0.15, -0.1) is 24.0 Å². The normalized spacial score (nSPS) is 13.0. The van der Waals surface area contributed by atoms with Crippen LogP contribution in [0.5, 0.6) is 0 Å². The van der Waals surface area contributed by atoms with Crippen LogP contribution in [0.4, 0.5) is 0 Å². The third-order valence-corrected chi connectivity index (χ3v) is 3.70. The monoisotopic (exact) mass is 475 g/mol. The van der Waals surface area contributed by atoms with Crippen LogP contribution in [0.2, 0.25) is 0 Å². The highest BCUT2D eigenvalue weighted by atomic mass is 127. The first-order valence-corrected chi connectivity index (χ1v) is 8.61. The number of carbonyl (C=O) groups is 1. The number of amides is 1. The fraction of sp³-hybridized carbons (Fsp3) is 0.579. The van der Waals surface area contributed by atoms with E-state index in [-0.39, 0.29) is 48.0 Å². The van der Waals surface area contributed by atoms with Crippen LogP contribution >= 0.6 is 24.0 Å². The predicted octanol–water partition coefficient (Wildman–Crippen LogP) is 2.30. The second-order valence-corrected chi connectivity index (χ2v) is 7.49.